The van der Waals surface area contributed by atoms with Gasteiger partial charge in [-0.1, -0.05) is 96.3 Å². The maximum absolute atomic E-state index is 13.9. The van der Waals surface area contributed by atoms with Crippen LogP contribution < -0.4 is 31.2 Å². The van der Waals surface area contributed by atoms with Crippen LogP contribution in [0.5, 0.6) is 10.8 Å². The van der Waals surface area contributed by atoms with Crippen LogP contribution in [0.15, 0.2) is 109 Å². The molecule has 4 aromatic carbocycles. The molecule has 0 aliphatic carbocycles. The van der Waals surface area contributed by atoms with Gasteiger partial charge in [0.1, 0.15) is 17.8 Å². The summed E-state index contributed by atoms with van der Waals surface area (Å²) in [5.41, 5.74) is 9.27. The summed E-state index contributed by atoms with van der Waals surface area (Å²) in [5.74, 6) is -0.167. The largest absolute Gasteiger partial charge is 0.494 e. The van der Waals surface area contributed by atoms with E-state index >= 15 is 0 Å². The Morgan fingerprint density at radius 2 is 1.34 bits per heavy atom. The summed E-state index contributed by atoms with van der Waals surface area (Å²) >= 11 is 1.34. The number of amides is 3. The molecule has 242 valence electrons. The molecule has 9 nitrogen and oxygen atoms in total. The van der Waals surface area contributed by atoms with E-state index in [4.69, 9.17) is 15.2 Å². The molecule has 1 aromatic heterocycles. The van der Waals surface area contributed by atoms with Crippen molar-refractivity contribution in [2.45, 2.75) is 44.9 Å². The number of hydrogen-bond donors (Lipinski definition) is 4. The van der Waals surface area contributed by atoms with E-state index in [2.05, 4.69) is 16.0 Å². The fraction of sp³-hybridized carbons (Fsp3) is 0.216. The Hall–Kier alpha value is -5.19. The van der Waals surface area contributed by atoms with E-state index < -0.39 is 24.1 Å². The minimum Gasteiger partial charge on any atom is -0.494 e. The van der Waals surface area contributed by atoms with Gasteiger partial charge in [-0.25, -0.2) is 4.79 Å². The number of carbonyl (C=O) groups excluding carboxylic acids is 3. The number of benzene rings is 4. The van der Waals surface area contributed by atoms with E-state index in [1.807, 2.05) is 110 Å². The Bertz CT molecular complexity index is 1740. The summed E-state index contributed by atoms with van der Waals surface area (Å²) < 4.78 is 12.1. The van der Waals surface area contributed by atoms with Gasteiger partial charge in [0.05, 0.1) is 6.61 Å². The van der Waals surface area contributed by atoms with Crippen LogP contribution >= 0.6 is 11.3 Å². The number of ether oxygens (including phenoxy) is 2. The number of thiophene rings is 1. The van der Waals surface area contributed by atoms with Crippen LogP contribution in [0.3, 0.4) is 0 Å². The van der Waals surface area contributed by atoms with Crippen molar-refractivity contribution >= 4 is 39.3 Å². The molecule has 0 radical (unpaired) electrons. The maximum atomic E-state index is 13.9. The number of fused-ring (bicyclic) bond motifs is 1. The highest BCUT2D eigenvalue weighted by Gasteiger charge is 2.28. The van der Waals surface area contributed by atoms with Gasteiger partial charge in [-0.05, 0) is 52.8 Å². The smallest absolute Gasteiger partial charge is 0.414 e. The number of nitrogens with one attached hydrogen (secondary N) is 3. The third-order valence-electron chi connectivity index (χ3n) is 7.52. The fourth-order valence-electron chi connectivity index (χ4n) is 5.04. The number of carbonyl (C=O) groups is 3. The first kappa shape index (κ1) is 33.2. The summed E-state index contributed by atoms with van der Waals surface area (Å²) in [4.78, 5) is 40.6. The van der Waals surface area contributed by atoms with E-state index in [-0.39, 0.29) is 25.3 Å². The normalized spacial score (nSPS) is 12.1. The van der Waals surface area contributed by atoms with Crippen LogP contribution in [0, 0.1) is 0 Å². The first-order chi connectivity index (χ1) is 22.9. The van der Waals surface area contributed by atoms with Gasteiger partial charge in [-0.15, -0.1) is 0 Å². The highest BCUT2D eigenvalue weighted by molar-refractivity contribution is 7.20. The maximum Gasteiger partial charge on any atom is 0.414 e. The van der Waals surface area contributed by atoms with Crippen LogP contribution in [-0.4, -0.2) is 36.6 Å². The lowest BCUT2D eigenvalue weighted by atomic mass is 10.0. The molecule has 0 unspecified atom stereocenters. The zero-order chi connectivity index (χ0) is 33.0. The van der Waals surface area contributed by atoms with Gasteiger partial charge in [0.15, 0.2) is 5.06 Å². The molecule has 10 heteroatoms. The molecule has 0 saturated heterocycles. The summed E-state index contributed by atoms with van der Waals surface area (Å²) in [6, 6.07) is 32.0. The Morgan fingerprint density at radius 1 is 0.723 bits per heavy atom. The summed E-state index contributed by atoms with van der Waals surface area (Å²) in [7, 11) is 0. The van der Waals surface area contributed by atoms with Gasteiger partial charge >= 0.3 is 6.09 Å². The lowest BCUT2D eigenvalue weighted by Gasteiger charge is -2.23. The molecule has 0 saturated carbocycles. The third kappa shape index (κ3) is 9.65. The quantitative estimate of drug-likeness (QED) is 0.126. The van der Waals surface area contributed by atoms with E-state index in [9.17, 15) is 14.4 Å². The molecule has 0 aliphatic heterocycles. The third-order valence-corrected chi connectivity index (χ3v) is 8.51. The van der Waals surface area contributed by atoms with E-state index in [0.717, 1.165) is 32.3 Å². The molecule has 5 rings (SSSR count). The van der Waals surface area contributed by atoms with E-state index in [1.54, 1.807) is 6.07 Å². The van der Waals surface area contributed by atoms with Crippen LogP contribution in [0.4, 0.5) is 4.79 Å². The highest BCUT2D eigenvalue weighted by atomic mass is 32.1. The van der Waals surface area contributed by atoms with E-state index in [0.29, 0.717) is 24.0 Å². The number of hydrogen-bond acceptors (Lipinski definition) is 7. The second-order valence-electron chi connectivity index (χ2n) is 11.0. The second-order valence-corrected chi connectivity index (χ2v) is 12.0. The van der Waals surface area contributed by atoms with Crippen molar-refractivity contribution in [3.8, 4) is 10.8 Å². The average molecular weight is 651 g/mol. The molecule has 0 spiro atoms. The fourth-order valence-corrected chi connectivity index (χ4v) is 5.95. The summed E-state index contributed by atoms with van der Waals surface area (Å²) in [5, 5.41) is 9.94. The van der Waals surface area contributed by atoms with Crippen LogP contribution in [0.2, 0.25) is 0 Å². The van der Waals surface area contributed by atoms with Gasteiger partial charge < -0.3 is 31.2 Å². The summed E-state index contributed by atoms with van der Waals surface area (Å²) in [6.07, 6.45) is -0.355. The van der Waals surface area contributed by atoms with Crippen molar-refractivity contribution in [1.29, 1.82) is 0 Å². The first-order valence-corrected chi connectivity index (χ1v) is 16.3. The summed E-state index contributed by atoms with van der Waals surface area (Å²) in [6.45, 7) is 3.14. The first-order valence-electron chi connectivity index (χ1n) is 15.5. The lowest BCUT2D eigenvalue weighted by molar-refractivity contribution is -0.130. The molecule has 0 bridgehead atoms. The highest BCUT2D eigenvalue weighted by Crippen LogP contribution is 2.31. The molecule has 5 N–H and O–H groups in total. The molecule has 0 aliphatic rings. The standard InChI is InChI=1S/C37H38N4O5S/c1-2-45-30-18-16-26(17-19-30)21-32(41-37(44)46-34-22-29-10-6-7-11-33(29)47-34)36(43)40-31(20-25-8-4-3-5-9-25)35(42)39-24-28-14-12-27(23-38)13-15-28/h3-19,22,31-32H,2,20-21,23-24,38H2,1H3,(H,39,42)(H,40,43)(H,41,44)/t31-,32+/m0/s1. The second kappa shape index (κ2) is 16.4. The zero-order valence-electron chi connectivity index (χ0n) is 26.1. The van der Waals surface area contributed by atoms with E-state index in [1.165, 1.54) is 11.3 Å². The predicted octanol–water partition coefficient (Wildman–Crippen LogP) is 5.50. The zero-order valence-corrected chi connectivity index (χ0v) is 26.9. The van der Waals surface area contributed by atoms with Crippen molar-refractivity contribution < 1.29 is 23.9 Å². The number of rotatable bonds is 14. The minimum absolute atomic E-state index is 0.160. The lowest BCUT2D eigenvalue weighted by Crippen LogP contribution is -2.55. The van der Waals surface area contributed by atoms with Crippen LogP contribution in [-0.2, 0) is 35.5 Å². The van der Waals surface area contributed by atoms with Crippen molar-refractivity contribution in [1.82, 2.24) is 16.0 Å². The molecular formula is C37H38N4O5S. The molecular weight excluding hydrogens is 612 g/mol. The molecule has 1 heterocycles. The minimum atomic E-state index is -1.04. The number of nitrogens with two attached hydrogens (primary N) is 1. The van der Waals surface area contributed by atoms with Crippen LogP contribution in [0.25, 0.3) is 10.1 Å². The van der Waals surface area contributed by atoms with Crippen molar-refractivity contribution in [3.63, 3.8) is 0 Å². The van der Waals surface area contributed by atoms with Gasteiger partial charge in [-0.3, -0.25) is 9.59 Å². The SMILES string of the molecule is CCOc1ccc(C[C@@H](NC(=O)Oc2cc3ccccc3s2)C(=O)N[C@@H](Cc2ccccc2)C(=O)NCc2ccc(CN)cc2)cc1. The Labute approximate surface area is 278 Å². The van der Waals surface area contributed by atoms with Gasteiger partial charge in [0.2, 0.25) is 11.8 Å². The predicted molar refractivity (Wildman–Crippen MR) is 184 cm³/mol. The molecule has 47 heavy (non-hydrogen) atoms. The Kier molecular flexibility index (Phi) is 11.6. The van der Waals surface area contributed by atoms with Gasteiger partial charge in [-0.2, -0.15) is 0 Å². The van der Waals surface area contributed by atoms with Crippen molar-refractivity contribution in [2.75, 3.05) is 6.61 Å². The average Bonchev–Trinajstić information content (AvgIpc) is 3.50. The molecule has 0 fully saturated rings. The van der Waals surface area contributed by atoms with Crippen molar-refractivity contribution in [2.24, 2.45) is 5.73 Å². The van der Waals surface area contributed by atoms with Gasteiger partial charge in [0.25, 0.3) is 0 Å². The monoisotopic (exact) mass is 650 g/mol. The molecule has 3 amide bonds. The van der Waals surface area contributed by atoms with Gasteiger partial charge in [0, 0.05) is 36.7 Å². The molecule has 5 aromatic rings. The molecule has 2 atom stereocenters. The van der Waals surface area contributed by atoms with Crippen LogP contribution in [0.1, 0.15) is 29.2 Å². The topological polar surface area (TPSA) is 132 Å². The van der Waals surface area contributed by atoms with Crippen molar-refractivity contribution in [3.05, 3.63) is 131 Å². The Morgan fingerprint density at radius 3 is 2.02 bits per heavy atom. The Balaban J connectivity index is 1.33.